The van der Waals surface area contributed by atoms with E-state index in [1.165, 1.54) is 11.8 Å². The fourth-order valence-corrected chi connectivity index (χ4v) is 5.12. The van der Waals surface area contributed by atoms with E-state index in [0.29, 0.717) is 31.8 Å². The van der Waals surface area contributed by atoms with Crippen molar-refractivity contribution in [2.24, 2.45) is 0 Å². The third-order valence-electron chi connectivity index (χ3n) is 5.10. The summed E-state index contributed by atoms with van der Waals surface area (Å²) in [7, 11) is 0. The Hall–Kier alpha value is -2.78. The average molecular weight is 550 g/mol. The number of hydrogen-bond acceptors (Lipinski definition) is 6. The van der Waals surface area contributed by atoms with Gasteiger partial charge in [0.05, 0.1) is 0 Å². The summed E-state index contributed by atoms with van der Waals surface area (Å²) in [6.07, 6.45) is 0. The van der Waals surface area contributed by atoms with E-state index in [2.05, 4.69) is 10.2 Å². The minimum atomic E-state index is -0.487. The highest BCUT2D eigenvalue weighted by molar-refractivity contribution is 7.99. The highest BCUT2D eigenvalue weighted by Crippen LogP contribution is 2.36. The maximum absolute atomic E-state index is 11.4. The molecular formula is C24H19Cl3N4O3S. The van der Waals surface area contributed by atoms with Crippen LogP contribution in [0.1, 0.15) is 22.2 Å². The molecule has 0 aliphatic carbocycles. The van der Waals surface area contributed by atoms with Crippen molar-refractivity contribution in [3.8, 4) is 11.4 Å². The zero-order chi connectivity index (χ0) is 24.9. The van der Waals surface area contributed by atoms with E-state index in [0.717, 1.165) is 16.8 Å². The number of nitro groups is 1. The van der Waals surface area contributed by atoms with Crippen molar-refractivity contribution in [2.75, 3.05) is 6.54 Å². The zero-order valence-electron chi connectivity index (χ0n) is 18.4. The molecule has 0 bridgehead atoms. The minimum Gasteiger partial charge on any atom is -0.489 e. The van der Waals surface area contributed by atoms with Gasteiger partial charge < -0.3 is 4.74 Å². The lowest BCUT2D eigenvalue weighted by Gasteiger charge is -2.15. The van der Waals surface area contributed by atoms with Crippen molar-refractivity contribution in [1.82, 2.24) is 14.8 Å². The molecule has 0 spiro atoms. The van der Waals surface area contributed by atoms with E-state index < -0.39 is 5.25 Å². The van der Waals surface area contributed by atoms with Crippen LogP contribution < -0.4 is 4.74 Å². The molecule has 1 atom stereocenters. The van der Waals surface area contributed by atoms with Crippen LogP contribution in [0.5, 0.6) is 5.75 Å². The minimum absolute atomic E-state index is 0.270. The Balaban J connectivity index is 1.52. The zero-order valence-corrected chi connectivity index (χ0v) is 21.5. The predicted octanol–water partition coefficient (Wildman–Crippen LogP) is 7.23. The summed E-state index contributed by atoms with van der Waals surface area (Å²) in [5, 5.41) is 21.6. The van der Waals surface area contributed by atoms with Gasteiger partial charge in [-0.1, -0.05) is 64.8 Å². The van der Waals surface area contributed by atoms with Crippen LogP contribution in [0.25, 0.3) is 5.69 Å². The van der Waals surface area contributed by atoms with Crippen LogP contribution in [0.3, 0.4) is 0 Å². The van der Waals surface area contributed by atoms with Crippen LogP contribution in [-0.2, 0) is 6.61 Å². The van der Waals surface area contributed by atoms with Gasteiger partial charge in [0.25, 0.3) is 0 Å². The SMILES string of the molecule is Cc1nnc(S[C@@H](C[N+](=O)[O-])c2ccc(OCc3ccc(Cl)cc3Cl)cc2)n1-c1ccc(Cl)cc1. The molecule has 11 heteroatoms. The summed E-state index contributed by atoms with van der Waals surface area (Å²) in [5.74, 6) is 1.28. The summed E-state index contributed by atoms with van der Waals surface area (Å²) in [6, 6.07) is 19.7. The second kappa shape index (κ2) is 11.3. The van der Waals surface area contributed by atoms with E-state index in [4.69, 9.17) is 39.5 Å². The topological polar surface area (TPSA) is 83.1 Å². The van der Waals surface area contributed by atoms with Gasteiger partial charge in [0.15, 0.2) is 5.16 Å². The molecule has 0 radical (unpaired) electrons. The molecule has 180 valence electrons. The van der Waals surface area contributed by atoms with Gasteiger partial charge in [0, 0.05) is 31.2 Å². The summed E-state index contributed by atoms with van der Waals surface area (Å²) in [4.78, 5) is 11.1. The molecule has 35 heavy (non-hydrogen) atoms. The van der Waals surface area contributed by atoms with E-state index in [1.807, 2.05) is 41.8 Å². The standard InChI is InChI=1S/C24H19Cl3N4O3S/c1-15-28-29-24(31(15)20-8-6-18(25)7-9-20)35-23(13-30(32)33)16-3-10-21(11-4-16)34-14-17-2-5-19(26)12-22(17)27/h2-12,23H,13-14H2,1H3/t23-/m0/s1. The van der Waals surface area contributed by atoms with Crippen molar-refractivity contribution in [3.05, 3.63) is 109 Å². The number of nitrogens with zero attached hydrogens (tertiary/aromatic N) is 4. The smallest absolute Gasteiger partial charge is 0.220 e. The molecule has 0 saturated carbocycles. The number of aryl methyl sites for hydroxylation is 1. The molecule has 0 aliphatic heterocycles. The molecule has 7 nitrogen and oxygen atoms in total. The number of ether oxygens (including phenoxy) is 1. The van der Waals surface area contributed by atoms with Gasteiger partial charge in [-0.15, -0.1) is 10.2 Å². The average Bonchev–Trinajstić information content (AvgIpc) is 3.18. The number of benzene rings is 3. The molecular weight excluding hydrogens is 531 g/mol. The molecule has 4 aromatic rings. The first kappa shape index (κ1) is 25.3. The monoisotopic (exact) mass is 548 g/mol. The number of thioether (sulfide) groups is 1. The third kappa shape index (κ3) is 6.46. The van der Waals surface area contributed by atoms with E-state index >= 15 is 0 Å². The molecule has 0 N–H and O–H groups in total. The van der Waals surface area contributed by atoms with E-state index in [1.54, 1.807) is 36.4 Å². The van der Waals surface area contributed by atoms with Gasteiger partial charge in [0.2, 0.25) is 6.54 Å². The van der Waals surface area contributed by atoms with Crippen LogP contribution in [0.15, 0.2) is 71.9 Å². The first-order valence-corrected chi connectivity index (χ1v) is 12.4. The molecule has 3 aromatic carbocycles. The molecule has 1 aromatic heterocycles. The highest BCUT2D eigenvalue weighted by atomic mass is 35.5. The largest absolute Gasteiger partial charge is 0.489 e. The number of halogens is 3. The highest BCUT2D eigenvalue weighted by Gasteiger charge is 2.24. The van der Waals surface area contributed by atoms with Crippen molar-refractivity contribution in [1.29, 1.82) is 0 Å². The molecule has 4 rings (SSSR count). The van der Waals surface area contributed by atoms with Crippen molar-refractivity contribution < 1.29 is 9.66 Å². The third-order valence-corrected chi connectivity index (χ3v) is 7.12. The Labute approximate surface area is 221 Å². The quantitative estimate of drug-likeness (QED) is 0.124. The van der Waals surface area contributed by atoms with Crippen LogP contribution in [-0.4, -0.2) is 26.2 Å². The lowest BCUT2D eigenvalue weighted by molar-refractivity contribution is -0.479. The first-order chi connectivity index (χ1) is 16.8. The van der Waals surface area contributed by atoms with Crippen LogP contribution in [0.4, 0.5) is 0 Å². The van der Waals surface area contributed by atoms with Gasteiger partial charge >= 0.3 is 0 Å². The molecule has 0 amide bonds. The lowest BCUT2D eigenvalue weighted by Crippen LogP contribution is -2.11. The number of rotatable bonds is 9. The summed E-state index contributed by atoms with van der Waals surface area (Å²) in [6.45, 7) is 1.82. The molecule has 0 aliphatic rings. The first-order valence-electron chi connectivity index (χ1n) is 10.4. The fourth-order valence-electron chi connectivity index (χ4n) is 3.36. The normalized spacial score (nSPS) is 11.9. The van der Waals surface area contributed by atoms with Gasteiger partial charge in [-0.3, -0.25) is 14.7 Å². The Morgan fingerprint density at radius 2 is 1.69 bits per heavy atom. The predicted molar refractivity (Wildman–Crippen MR) is 139 cm³/mol. The molecule has 1 heterocycles. The van der Waals surface area contributed by atoms with Crippen LogP contribution >= 0.6 is 46.6 Å². The van der Waals surface area contributed by atoms with Gasteiger partial charge in [0.1, 0.15) is 23.4 Å². The maximum atomic E-state index is 11.4. The second-order valence-corrected chi connectivity index (χ2v) is 10.0. The van der Waals surface area contributed by atoms with Crippen molar-refractivity contribution in [3.63, 3.8) is 0 Å². The van der Waals surface area contributed by atoms with Crippen molar-refractivity contribution >= 4 is 46.6 Å². The fraction of sp³-hybridized carbons (Fsp3) is 0.167. The van der Waals surface area contributed by atoms with E-state index in [9.17, 15) is 10.1 Å². The molecule has 0 fully saturated rings. The summed E-state index contributed by atoms with van der Waals surface area (Å²) >= 11 is 19.4. The Morgan fingerprint density at radius 1 is 1.00 bits per heavy atom. The van der Waals surface area contributed by atoms with E-state index in [-0.39, 0.29) is 18.1 Å². The maximum Gasteiger partial charge on any atom is 0.220 e. The van der Waals surface area contributed by atoms with Crippen LogP contribution in [0, 0.1) is 17.0 Å². The second-order valence-electron chi connectivity index (χ2n) is 7.56. The lowest BCUT2D eigenvalue weighted by atomic mass is 10.1. The number of aromatic nitrogens is 3. The molecule has 0 unspecified atom stereocenters. The Kier molecular flexibility index (Phi) is 8.18. The van der Waals surface area contributed by atoms with Gasteiger partial charge in [-0.05, 0) is 61.0 Å². The Morgan fingerprint density at radius 3 is 2.34 bits per heavy atom. The van der Waals surface area contributed by atoms with Gasteiger partial charge in [-0.2, -0.15) is 0 Å². The Bertz CT molecular complexity index is 1330. The molecule has 0 saturated heterocycles. The van der Waals surface area contributed by atoms with Crippen LogP contribution in [0.2, 0.25) is 15.1 Å². The summed E-state index contributed by atoms with van der Waals surface area (Å²) < 4.78 is 7.68. The van der Waals surface area contributed by atoms with Gasteiger partial charge in [-0.25, -0.2) is 0 Å². The summed E-state index contributed by atoms with van der Waals surface area (Å²) in [5.41, 5.74) is 2.40. The number of hydrogen-bond donors (Lipinski definition) is 0. The van der Waals surface area contributed by atoms with Crippen molar-refractivity contribution in [2.45, 2.75) is 23.9 Å².